The van der Waals surface area contributed by atoms with Gasteiger partial charge in [0.15, 0.2) is 0 Å². The third-order valence-electron chi connectivity index (χ3n) is 0.889. The molecule has 0 bridgehead atoms. The highest BCUT2D eigenvalue weighted by molar-refractivity contribution is 8.70. The summed E-state index contributed by atoms with van der Waals surface area (Å²) in [6.45, 7) is 0. The molecule has 1 nitrogen and oxygen atoms in total. The van der Waals surface area contributed by atoms with Crippen LogP contribution in [0.15, 0.2) is 16.1 Å². The lowest BCUT2D eigenvalue weighted by Gasteiger charge is -2.00. The number of aliphatic imine (C=N–C) groups is 1. The SMILES string of the molecule is S=C1C=C(SS)N=CC1. The zero-order valence-corrected chi connectivity index (χ0v) is 7.10. The van der Waals surface area contributed by atoms with Gasteiger partial charge in [-0.25, -0.2) is 0 Å². The van der Waals surface area contributed by atoms with E-state index in [2.05, 4.69) is 16.7 Å². The zero-order chi connectivity index (χ0) is 6.69. The van der Waals surface area contributed by atoms with Crippen molar-refractivity contribution in [3.63, 3.8) is 0 Å². The minimum absolute atomic E-state index is 0.799. The zero-order valence-electron chi connectivity index (χ0n) is 4.57. The Labute approximate surface area is 68.4 Å². The van der Waals surface area contributed by atoms with Gasteiger partial charge in [-0.1, -0.05) is 12.2 Å². The van der Waals surface area contributed by atoms with E-state index in [9.17, 15) is 0 Å². The first kappa shape index (κ1) is 7.31. The van der Waals surface area contributed by atoms with Gasteiger partial charge in [-0.15, -0.1) is 11.7 Å². The van der Waals surface area contributed by atoms with Crippen molar-refractivity contribution in [2.24, 2.45) is 4.99 Å². The third kappa shape index (κ3) is 2.12. The lowest BCUT2D eigenvalue weighted by atomic mass is 10.3. The quantitative estimate of drug-likeness (QED) is 0.373. The van der Waals surface area contributed by atoms with Gasteiger partial charge in [0.25, 0.3) is 0 Å². The first-order valence-corrected chi connectivity index (χ1v) is 4.69. The Kier molecular flexibility index (Phi) is 2.75. The summed E-state index contributed by atoms with van der Waals surface area (Å²) < 4.78 is 0. The van der Waals surface area contributed by atoms with Crippen molar-refractivity contribution in [2.45, 2.75) is 6.42 Å². The van der Waals surface area contributed by atoms with Crippen LogP contribution < -0.4 is 0 Å². The molecule has 0 aliphatic carbocycles. The predicted molar refractivity (Wildman–Crippen MR) is 50.4 cm³/mol. The van der Waals surface area contributed by atoms with Gasteiger partial charge >= 0.3 is 0 Å². The summed E-state index contributed by atoms with van der Waals surface area (Å²) >= 11 is 8.91. The van der Waals surface area contributed by atoms with E-state index >= 15 is 0 Å². The van der Waals surface area contributed by atoms with Gasteiger partial charge in [-0.05, 0) is 16.9 Å². The number of rotatable bonds is 1. The van der Waals surface area contributed by atoms with Gasteiger partial charge < -0.3 is 0 Å². The van der Waals surface area contributed by atoms with Crippen LogP contribution in [0.25, 0.3) is 0 Å². The topological polar surface area (TPSA) is 12.4 Å². The van der Waals surface area contributed by atoms with Gasteiger partial charge in [0.2, 0.25) is 0 Å². The van der Waals surface area contributed by atoms with Crippen LogP contribution in [0.4, 0.5) is 0 Å². The molecule has 0 amide bonds. The Balaban J connectivity index is 2.70. The molecule has 0 spiro atoms. The maximum absolute atomic E-state index is 4.93. The van der Waals surface area contributed by atoms with Crippen molar-refractivity contribution in [3.8, 4) is 0 Å². The number of thiocarbonyl (C=S) groups is 1. The van der Waals surface area contributed by atoms with E-state index in [1.54, 1.807) is 6.21 Å². The summed E-state index contributed by atoms with van der Waals surface area (Å²) in [5.74, 6) is 0. The number of nitrogens with zero attached hydrogens (tertiary/aromatic N) is 1. The van der Waals surface area contributed by atoms with Gasteiger partial charge in [-0.2, -0.15) is 0 Å². The van der Waals surface area contributed by atoms with Crippen LogP contribution in [-0.2, 0) is 0 Å². The van der Waals surface area contributed by atoms with E-state index < -0.39 is 0 Å². The highest BCUT2D eigenvalue weighted by Gasteiger charge is 1.99. The summed E-state index contributed by atoms with van der Waals surface area (Å²) in [6.07, 6.45) is 4.47. The second-order valence-electron chi connectivity index (χ2n) is 1.56. The molecule has 4 heteroatoms. The second-order valence-corrected chi connectivity index (χ2v) is 3.23. The molecule has 0 saturated carbocycles. The molecule has 0 fully saturated rings. The maximum atomic E-state index is 4.93. The second kappa shape index (κ2) is 3.39. The van der Waals surface area contributed by atoms with Crippen LogP contribution in [0.3, 0.4) is 0 Å². The average Bonchev–Trinajstić information content (AvgIpc) is 1.88. The Bertz CT molecular complexity index is 183. The van der Waals surface area contributed by atoms with Crippen molar-refractivity contribution in [2.75, 3.05) is 0 Å². The van der Waals surface area contributed by atoms with E-state index in [1.807, 2.05) is 6.08 Å². The maximum Gasteiger partial charge on any atom is 0.107 e. The minimum Gasteiger partial charge on any atom is -0.253 e. The fraction of sp³-hybridized carbons (Fsp3) is 0.200. The van der Waals surface area contributed by atoms with Crippen molar-refractivity contribution in [1.82, 2.24) is 0 Å². The smallest absolute Gasteiger partial charge is 0.107 e. The molecule has 0 unspecified atom stereocenters. The summed E-state index contributed by atoms with van der Waals surface area (Å²) in [5, 5.41) is 0.884. The number of thiol groups is 1. The minimum atomic E-state index is 0.799. The molecule has 48 valence electrons. The molecule has 1 aliphatic rings. The van der Waals surface area contributed by atoms with E-state index in [-0.39, 0.29) is 0 Å². The Morgan fingerprint density at radius 2 is 2.56 bits per heavy atom. The standard InChI is InChI=1S/C5H5NS3/c7-4-1-2-6-5(3-4)9-8/h2-3,8H,1H2. The average molecular weight is 175 g/mol. The Hall–Kier alpha value is 0.200. The van der Waals surface area contributed by atoms with E-state index in [0.717, 1.165) is 16.3 Å². The number of hydrogen-bond acceptors (Lipinski definition) is 4. The van der Waals surface area contributed by atoms with Crippen molar-refractivity contribution in [3.05, 3.63) is 11.1 Å². The number of hydrogen-bond donors (Lipinski definition) is 1. The predicted octanol–water partition coefficient (Wildman–Crippen LogP) is 2.25. The highest BCUT2D eigenvalue weighted by Crippen LogP contribution is 2.22. The molecule has 0 aromatic rings. The molecular formula is C5H5NS3. The van der Waals surface area contributed by atoms with Crippen LogP contribution in [0, 0.1) is 0 Å². The highest BCUT2D eigenvalue weighted by atomic mass is 33.1. The molecule has 0 aromatic heterocycles. The molecule has 0 N–H and O–H groups in total. The van der Waals surface area contributed by atoms with Crippen molar-refractivity contribution >= 4 is 45.8 Å². The molecule has 0 radical (unpaired) electrons. The van der Waals surface area contributed by atoms with Gasteiger partial charge in [-0.3, -0.25) is 4.99 Å². The van der Waals surface area contributed by atoms with Crippen LogP contribution in [0.1, 0.15) is 6.42 Å². The fourth-order valence-corrected chi connectivity index (χ4v) is 1.39. The molecule has 0 aromatic carbocycles. The number of allylic oxidation sites excluding steroid dienone is 1. The van der Waals surface area contributed by atoms with E-state index in [4.69, 9.17) is 12.2 Å². The molecule has 0 atom stereocenters. The summed E-state index contributed by atoms with van der Waals surface area (Å²) in [4.78, 5) is 4.97. The van der Waals surface area contributed by atoms with Gasteiger partial charge in [0, 0.05) is 17.5 Å². The first-order valence-electron chi connectivity index (χ1n) is 2.41. The van der Waals surface area contributed by atoms with Crippen molar-refractivity contribution < 1.29 is 0 Å². The molecule has 1 aliphatic heterocycles. The normalized spacial score (nSPS) is 17.9. The Morgan fingerprint density at radius 1 is 1.78 bits per heavy atom. The first-order chi connectivity index (χ1) is 4.33. The lowest BCUT2D eigenvalue weighted by molar-refractivity contribution is 1.47. The summed E-state index contributed by atoms with van der Waals surface area (Å²) in [5.41, 5.74) is 0. The fourth-order valence-electron chi connectivity index (χ4n) is 0.509. The van der Waals surface area contributed by atoms with Crippen LogP contribution in [-0.4, -0.2) is 11.1 Å². The van der Waals surface area contributed by atoms with Crippen molar-refractivity contribution in [1.29, 1.82) is 0 Å². The molecular weight excluding hydrogens is 170 g/mol. The van der Waals surface area contributed by atoms with Crippen LogP contribution in [0.2, 0.25) is 0 Å². The molecule has 9 heavy (non-hydrogen) atoms. The molecule has 1 heterocycles. The van der Waals surface area contributed by atoms with E-state index in [1.165, 1.54) is 10.8 Å². The van der Waals surface area contributed by atoms with Gasteiger partial charge in [0.05, 0.1) is 0 Å². The molecule has 1 rings (SSSR count). The summed E-state index contributed by atoms with van der Waals surface area (Å²) in [7, 11) is 1.32. The third-order valence-corrected chi connectivity index (χ3v) is 2.15. The van der Waals surface area contributed by atoms with Crippen LogP contribution in [0.5, 0.6) is 0 Å². The molecule has 0 saturated heterocycles. The van der Waals surface area contributed by atoms with E-state index in [0.29, 0.717) is 0 Å². The largest absolute Gasteiger partial charge is 0.253 e. The van der Waals surface area contributed by atoms with Gasteiger partial charge in [0.1, 0.15) is 5.03 Å². The lowest BCUT2D eigenvalue weighted by Crippen LogP contribution is -1.95. The summed E-state index contributed by atoms with van der Waals surface area (Å²) in [6, 6.07) is 0. The Morgan fingerprint density at radius 3 is 3.00 bits per heavy atom. The van der Waals surface area contributed by atoms with Crippen LogP contribution >= 0.6 is 34.7 Å². The monoisotopic (exact) mass is 175 g/mol.